The van der Waals surface area contributed by atoms with Crippen LogP contribution in [0.25, 0.3) is 0 Å². The molecule has 0 unspecified atom stereocenters. The third-order valence-electron chi connectivity index (χ3n) is 0. The SMILES string of the molecule is [Cl-].[Cl-].[Cl-].[Cl-].[Cl-].[Cl-].[Cl-].[Cl-].[Cl-].[Cl-].[Cl-].[Cl-].[Cl-].[Cl-].[Re].[Re]. The molecule has 0 rings (SSSR count). The van der Waals surface area contributed by atoms with Crippen LogP contribution in [-0.2, 0) is 40.8 Å². The molecule has 0 aromatic heterocycles. The molecule has 0 amide bonds. The zero-order valence-corrected chi connectivity index (χ0v) is 22.1. The van der Waals surface area contributed by atoms with Crippen LogP contribution in [-0.4, -0.2) is 0 Å². The predicted molar refractivity (Wildman–Crippen MR) is 0 cm³/mol. The molecule has 0 aromatic rings. The summed E-state index contributed by atoms with van der Waals surface area (Å²) in [6, 6.07) is 0. The van der Waals surface area contributed by atoms with Crippen LogP contribution in [0.2, 0.25) is 0 Å². The summed E-state index contributed by atoms with van der Waals surface area (Å²) in [5.74, 6) is 0. The van der Waals surface area contributed by atoms with Crippen molar-refractivity contribution in [3.05, 3.63) is 0 Å². The molecule has 0 fully saturated rings. The normalized spacial score (nSPS) is 0. The van der Waals surface area contributed by atoms with Gasteiger partial charge < -0.3 is 174 Å². The van der Waals surface area contributed by atoms with Crippen LogP contribution in [0.1, 0.15) is 0 Å². The molecule has 0 N–H and O–H groups in total. The molecule has 0 aromatic carbocycles. The fourth-order valence-electron chi connectivity index (χ4n) is 0. The summed E-state index contributed by atoms with van der Waals surface area (Å²) in [7, 11) is 0. The molecule has 0 nitrogen and oxygen atoms in total. The first-order valence-electron chi connectivity index (χ1n) is 0. The van der Waals surface area contributed by atoms with Gasteiger partial charge in [-0.05, 0) is 0 Å². The van der Waals surface area contributed by atoms with E-state index in [1.807, 2.05) is 0 Å². The van der Waals surface area contributed by atoms with Crippen molar-refractivity contribution in [3.63, 3.8) is 0 Å². The fourth-order valence-corrected chi connectivity index (χ4v) is 0. The van der Waals surface area contributed by atoms with Gasteiger partial charge in [0.15, 0.2) is 0 Å². The fraction of sp³-hybridized carbons (Fsp3) is 0. The molecule has 0 aliphatic rings. The largest absolute Gasteiger partial charge is 1.00 e. The standard InChI is InChI=1S/14ClH.2Re/h14*1H;;/p-14. The second-order valence-electron chi connectivity index (χ2n) is 0. The first-order valence-corrected chi connectivity index (χ1v) is 0. The van der Waals surface area contributed by atoms with Crippen molar-refractivity contribution in [1.82, 2.24) is 0 Å². The average molecular weight is 869 g/mol. The Morgan fingerprint density at radius 2 is 0.125 bits per heavy atom. The third-order valence-corrected chi connectivity index (χ3v) is 0. The van der Waals surface area contributed by atoms with E-state index in [0.29, 0.717) is 0 Å². The van der Waals surface area contributed by atoms with Crippen LogP contribution in [0.3, 0.4) is 0 Å². The number of halogens is 14. The van der Waals surface area contributed by atoms with Gasteiger partial charge in [-0.2, -0.15) is 0 Å². The van der Waals surface area contributed by atoms with E-state index in [2.05, 4.69) is 0 Å². The Hall–Kier alpha value is 5.38. The quantitative estimate of drug-likeness (QED) is 0.228. The van der Waals surface area contributed by atoms with Crippen LogP contribution < -0.4 is 174 Å². The van der Waals surface area contributed by atoms with E-state index in [4.69, 9.17) is 0 Å². The number of rotatable bonds is 0. The van der Waals surface area contributed by atoms with Gasteiger partial charge in [-0.15, -0.1) is 0 Å². The van der Waals surface area contributed by atoms with E-state index >= 15 is 0 Å². The van der Waals surface area contributed by atoms with Gasteiger partial charge in [-0.3, -0.25) is 0 Å². The Kier molecular flexibility index (Phi) is 5060. The van der Waals surface area contributed by atoms with Crippen LogP contribution in [0.5, 0.6) is 0 Å². The zero-order chi connectivity index (χ0) is 0. The van der Waals surface area contributed by atoms with Gasteiger partial charge >= 0.3 is 0 Å². The number of hydrogen-bond donors (Lipinski definition) is 0. The predicted octanol–water partition coefficient (Wildman–Crippen LogP) is -41.9. The van der Waals surface area contributed by atoms with E-state index in [1.165, 1.54) is 0 Å². The second kappa shape index (κ2) is 264. The minimum absolute atomic E-state index is 0. The molecule has 0 saturated carbocycles. The molecule has 0 bridgehead atoms. The molecule has 0 heterocycles. The molecule has 16 heteroatoms. The molecule has 0 atom stereocenters. The molecule has 2 radical (unpaired) electrons. The Morgan fingerprint density at radius 3 is 0.125 bits per heavy atom. The average Bonchev–Trinajstić information content (AvgIpc) is 0. The van der Waals surface area contributed by atoms with Gasteiger partial charge in [0.2, 0.25) is 0 Å². The second-order valence-corrected chi connectivity index (χ2v) is 0. The van der Waals surface area contributed by atoms with Crippen LogP contribution in [0.15, 0.2) is 0 Å². The van der Waals surface area contributed by atoms with Crippen molar-refractivity contribution in [2.45, 2.75) is 0 Å². The summed E-state index contributed by atoms with van der Waals surface area (Å²) >= 11 is 0. The van der Waals surface area contributed by atoms with Gasteiger partial charge in [0, 0.05) is 40.8 Å². The summed E-state index contributed by atoms with van der Waals surface area (Å²) in [4.78, 5) is 0. The Morgan fingerprint density at radius 1 is 0.125 bits per heavy atom. The maximum atomic E-state index is 0. The van der Waals surface area contributed by atoms with E-state index in [-0.39, 0.29) is 215 Å². The maximum absolute atomic E-state index is 0. The van der Waals surface area contributed by atoms with Crippen molar-refractivity contribution in [1.29, 1.82) is 0 Å². The Balaban J connectivity index is 0. The smallest absolute Gasteiger partial charge is 0 e. The monoisotopic (exact) mass is 863 g/mol. The van der Waals surface area contributed by atoms with Gasteiger partial charge in [-0.25, -0.2) is 0 Å². The molecule has 0 spiro atoms. The van der Waals surface area contributed by atoms with Crippen LogP contribution in [0.4, 0.5) is 0 Å². The van der Waals surface area contributed by atoms with E-state index < -0.39 is 0 Å². The first kappa shape index (κ1) is 306. The molecule has 16 heavy (non-hydrogen) atoms. The molecule has 126 valence electrons. The third kappa shape index (κ3) is 226. The van der Waals surface area contributed by atoms with E-state index in [1.54, 1.807) is 0 Å². The zero-order valence-electron chi connectivity index (χ0n) is 6.05. The van der Waals surface area contributed by atoms with Crippen molar-refractivity contribution in [3.8, 4) is 0 Å². The summed E-state index contributed by atoms with van der Waals surface area (Å²) in [5.41, 5.74) is 0. The van der Waals surface area contributed by atoms with Crippen molar-refractivity contribution >= 4 is 0 Å². The van der Waals surface area contributed by atoms with Crippen molar-refractivity contribution < 1.29 is 215 Å². The van der Waals surface area contributed by atoms with Gasteiger partial charge in [-0.1, -0.05) is 0 Å². The van der Waals surface area contributed by atoms with Crippen molar-refractivity contribution in [2.24, 2.45) is 0 Å². The molecular weight excluding hydrogens is 869 g/mol. The summed E-state index contributed by atoms with van der Waals surface area (Å²) in [6.45, 7) is 0. The summed E-state index contributed by atoms with van der Waals surface area (Å²) in [5, 5.41) is 0. The molecule has 0 aliphatic heterocycles. The van der Waals surface area contributed by atoms with Gasteiger partial charge in [0.25, 0.3) is 0 Å². The molecular formula is Cl14Re2-14. The van der Waals surface area contributed by atoms with E-state index in [0.717, 1.165) is 0 Å². The van der Waals surface area contributed by atoms with E-state index in [9.17, 15) is 0 Å². The Bertz CT molecular complexity index is 8.70. The summed E-state index contributed by atoms with van der Waals surface area (Å²) in [6.07, 6.45) is 0. The Labute approximate surface area is 211 Å². The molecule has 0 saturated heterocycles. The number of hydrogen-bond acceptors (Lipinski definition) is 0. The minimum atomic E-state index is 0. The minimum Gasteiger partial charge on any atom is -1.00 e. The summed E-state index contributed by atoms with van der Waals surface area (Å²) < 4.78 is 0. The van der Waals surface area contributed by atoms with Crippen LogP contribution in [0, 0.1) is 0 Å². The van der Waals surface area contributed by atoms with Crippen LogP contribution >= 0.6 is 0 Å². The maximum Gasteiger partial charge on any atom is 0 e. The molecule has 0 aliphatic carbocycles. The van der Waals surface area contributed by atoms with Gasteiger partial charge in [0.1, 0.15) is 0 Å². The van der Waals surface area contributed by atoms with Crippen molar-refractivity contribution in [2.75, 3.05) is 0 Å². The first-order chi connectivity index (χ1) is 0. The van der Waals surface area contributed by atoms with Gasteiger partial charge in [0.05, 0.1) is 0 Å². The topological polar surface area (TPSA) is 0 Å².